The van der Waals surface area contributed by atoms with Gasteiger partial charge in [0.05, 0.1) is 6.61 Å². The Hall–Kier alpha value is -0.940. The molecule has 0 radical (unpaired) electrons. The maximum Gasteiger partial charge on any atom is 0.147 e. The Balaban J connectivity index is 2.64. The van der Waals surface area contributed by atoms with Crippen LogP contribution in [0.15, 0.2) is 24.3 Å². The molecule has 3 nitrogen and oxygen atoms in total. The van der Waals surface area contributed by atoms with Crippen LogP contribution in [0, 0.1) is 5.82 Å². The summed E-state index contributed by atoms with van der Waals surface area (Å²) in [5, 5.41) is 9.22. The summed E-state index contributed by atoms with van der Waals surface area (Å²) >= 11 is 0. The highest BCUT2D eigenvalue weighted by molar-refractivity contribution is 7.90. The normalized spacial score (nSPS) is 13.6. The lowest BCUT2D eigenvalue weighted by Crippen LogP contribution is -2.10. The van der Waals surface area contributed by atoms with Gasteiger partial charge in [-0.2, -0.15) is 0 Å². The van der Waals surface area contributed by atoms with Crippen LogP contribution in [0.2, 0.25) is 0 Å². The zero-order valence-electron chi connectivity index (χ0n) is 9.77. The highest BCUT2D eigenvalue weighted by Crippen LogP contribution is 2.23. The lowest BCUT2D eigenvalue weighted by molar-refractivity contribution is 0.256. The van der Waals surface area contributed by atoms with Gasteiger partial charge in [-0.15, -0.1) is 0 Å². The highest BCUT2D eigenvalue weighted by Gasteiger charge is 2.15. The first-order valence-corrected chi connectivity index (χ1v) is 7.53. The van der Waals surface area contributed by atoms with Crippen molar-refractivity contribution in [1.82, 2.24) is 0 Å². The first-order valence-electron chi connectivity index (χ1n) is 5.47. The third kappa shape index (κ3) is 4.83. The molecule has 1 atom stereocenters. The maximum atomic E-state index is 13.5. The predicted octanol–water partition coefficient (Wildman–Crippen LogP) is 1.73. The molecule has 0 aliphatic rings. The second-order valence-electron chi connectivity index (χ2n) is 4.17. The van der Waals surface area contributed by atoms with E-state index < -0.39 is 9.84 Å². The van der Waals surface area contributed by atoms with E-state index >= 15 is 0 Å². The van der Waals surface area contributed by atoms with Crippen molar-refractivity contribution in [1.29, 1.82) is 0 Å². The molecule has 0 amide bonds. The molecule has 1 N–H and O–H groups in total. The SMILES string of the molecule is CS(=O)(=O)CCCC(CO)c1ccccc1F. The predicted molar refractivity (Wildman–Crippen MR) is 65.2 cm³/mol. The largest absolute Gasteiger partial charge is 0.396 e. The van der Waals surface area contributed by atoms with Crippen molar-refractivity contribution in [2.45, 2.75) is 18.8 Å². The van der Waals surface area contributed by atoms with Crippen molar-refractivity contribution in [3.63, 3.8) is 0 Å². The molecule has 0 aromatic heterocycles. The number of aliphatic hydroxyl groups is 1. The average molecular weight is 260 g/mol. The van der Waals surface area contributed by atoms with Gasteiger partial charge in [-0.25, -0.2) is 12.8 Å². The molecule has 0 aliphatic heterocycles. The van der Waals surface area contributed by atoms with Crippen molar-refractivity contribution < 1.29 is 17.9 Å². The number of halogens is 1. The fraction of sp³-hybridized carbons (Fsp3) is 0.500. The van der Waals surface area contributed by atoms with E-state index in [0.29, 0.717) is 18.4 Å². The molecule has 0 saturated carbocycles. The first kappa shape index (κ1) is 14.1. The van der Waals surface area contributed by atoms with Crippen LogP contribution in [0.5, 0.6) is 0 Å². The molecule has 96 valence electrons. The van der Waals surface area contributed by atoms with Crippen LogP contribution in [0.4, 0.5) is 4.39 Å². The van der Waals surface area contributed by atoms with E-state index in [4.69, 9.17) is 0 Å². The first-order chi connectivity index (χ1) is 7.94. The Morgan fingerprint density at radius 2 is 2.00 bits per heavy atom. The van der Waals surface area contributed by atoms with E-state index in [1.54, 1.807) is 18.2 Å². The van der Waals surface area contributed by atoms with Crippen LogP contribution in [0.25, 0.3) is 0 Å². The summed E-state index contributed by atoms with van der Waals surface area (Å²) < 4.78 is 35.4. The molecule has 1 rings (SSSR count). The Labute approximate surface area is 101 Å². The fourth-order valence-electron chi connectivity index (χ4n) is 1.74. The molecule has 0 heterocycles. The molecule has 0 spiro atoms. The Bertz CT molecular complexity index is 457. The standard InChI is InChI=1S/C12H17FO3S/c1-17(15,16)8-4-5-10(9-14)11-6-2-3-7-12(11)13/h2-3,6-7,10,14H,4-5,8-9H2,1H3. The second kappa shape index (κ2) is 6.12. The molecule has 17 heavy (non-hydrogen) atoms. The van der Waals surface area contributed by atoms with Gasteiger partial charge >= 0.3 is 0 Å². The summed E-state index contributed by atoms with van der Waals surface area (Å²) in [5.74, 6) is -0.623. The van der Waals surface area contributed by atoms with Gasteiger partial charge in [0, 0.05) is 17.9 Å². The number of rotatable bonds is 6. The van der Waals surface area contributed by atoms with Gasteiger partial charge in [0.25, 0.3) is 0 Å². The molecule has 0 saturated heterocycles. The molecule has 0 aliphatic carbocycles. The van der Waals surface area contributed by atoms with E-state index in [1.165, 1.54) is 12.3 Å². The van der Waals surface area contributed by atoms with Crippen LogP contribution in [-0.2, 0) is 9.84 Å². The van der Waals surface area contributed by atoms with Gasteiger partial charge in [0.15, 0.2) is 0 Å². The van der Waals surface area contributed by atoms with Crippen LogP contribution in [0.3, 0.4) is 0 Å². The van der Waals surface area contributed by atoms with Crippen molar-refractivity contribution in [2.75, 3.05) is 18.6 Å². The lowest BCUT2D eigenvalue weighted by Gasteiger charge is -2.14. The van der Waals surface area contributed by atoms with E-state index in [0.717, 1.165) is 0 Å². The van der Waals surface area contributed by atoms with Gasteiger partial charge in [0.2, 0.25) is 0 Å². The minimum Gasteiger partial charge on any atom is -0.396 e. The molecular weight excluding hydrogens is 243 g/mol. The third-order valence-electron chi connectivity index (χ3n) is 2.63. The molecule has 1 unspecified atom stereocenters. The number of benzene rings is 1. The van der Waals surface area contributed by atoms with Crippen molar-refractivity contribution in [3.8, 4) is 0 Å². The van der Waals surface area contributed by atoms with E-state index in [-0.39, 0.29) is 24.1 Å². The molecular formula is C12H17FO3S. The summed E-state index contributed by atoms with van der Waals surface area (Å²) in [4.78, 5) is 0. The monoisotopic (exact) mass is 260 g/mol. The minimum atomic E-state index is -3.00. The number of aliphatic hydroxyl groups excluding tert-OH is 1. The average Bonchev–Trinajstić information content (AvgIpc) is 2.24. The maximum absolute atomic E-state index is 13.5. The van der Waals surface area contributed by atoms with Gasteiger partial charge < -0.3 is 5.11 Å². The Morgan fingerprint density at radius 1 is 1.35 bits per heavy atom. The van der Waals surface area contributed by atoms with Gasteiger partial charge in [-0.1, -0.05) is 18.2 Å². The van der Waals surface area contributed by atoms with Gasteiger partial charge in [-0.05, 0) is 24.5 Å². The smallest absolute Gasteiger partial charge is 0.147 e. The molecule has 1 aromatic carbocycles. The van der Waals surface area contributed by atoms with Crippen LogP contribution in [0.1, 0.15) is 24.3 Å². The molecule has 0 bridgehead atoms. The van der Waals surface area contributed by atoms with E-state index in [9.17, 15) is 17.9 Å². The van der Waals surface area contributed by atoms with Gasteiger partial charge in [-0.3, -0.25) is 0 Å². The summed E-state index contributed by atoms with van der Waals surface area (Å²) in [6.07, 6.45) is 2.06. The topological polar surface area (TPSA) is 54.4 Å². The minimum absolute atomic E-state index is 0.0674. The second-order valence-corrected chi connectivity index (χ2v) is 6.43. The van der Waals surface area contributed by atoms with Crippen molar-refractivity contribution in [3.05, 3.63) is 35.6 Å². The fourth-order valence-corrected chi connectivity index (χ4v) is 2.43. The number of hydrogen-bond acceptors (Lipinski definition) is 3. The summed E-state index contributed by atoms with van der Waals surface area (Å²) in [5.41, 5.74) is 0.448. The highest BCUT2D eigenvalue weighted by atomic mass is 32.2. The van der Waals surface area contributed by atoms with E-state index in [2.05, 4.69) is 0 Å². The number of sulfone groups is 1. The van der Waals surface area contributed by atoms with E-state index in [1.807, 2.05) is 0 Å². The quantitative estimate of drug-likeness (QED) is 0.847. The van der Waals surface area contributed by atoms with Crippen molar-refractivity contribution in [2.24, 2.45) is 0 Å². The zero-order chi connectivity index (χ0) is 12.9. The number of hydrogen-bond donors (Lipinski definition) is 1. The molecule has 0 fully saturated rings. The van der Waals surface area contributed by atoms with Crippen molar-refractivity contribution >= 4 is 9.84 Å². The van der Waals surface area contributed by atoms with Crippen LogP contribution < -0.4 is 0 Å². The Kier molecular flexibility index (Phi) is 5.08. The Morgan fingerprint density at radius 3 is 2.53 bits per heavy atom. The summed E-state index contributed by atoms with van der Waals surface area (Å²) in [6.45, 7) is -0.176. The van der Waals surface area contributed by atoms with Gasteiger partial charge in [0.1, 0.15) is 15.7 Å². The van der Waals surface area contributed by atoms with Crippen LogP contribution in [-0.4, -0.2) is 32.1 Å². The zero-order valence-corrected chi connectivity index (χ0v) is 10.6. The third-order valence-corrected chi connectivity index (χ3v) is 3.66. The lowest BCUT2D eigenvalue weighted by atomic mass is 9.95. The summed E-state index contributed by atoms with van der Waals surface area (Å²) in [6, 6.07) is 6.26. The molecule has 1 aromatic rings. The molecule has 5 heteroatoms. The summed E-state index contributed by atoms with van der Waals surface area (Å²) in [7, 11) is -3.00. The van der Waals surface area contributed by atoms with Crippen LogP contribution >= 0.6 is 0 Å².